The smallest absolute Gasteiger partial charge is 0.328 e. The summed E-state index contributed by atoms with van der Waals surface area (Å²) in [7, 11) is 2.76. The molecular formula is C32H32ClF2N3O4. The molecule has 1 unspecified atom stereocenters. The number of esters is 1. The van der Waals surface area contributed by atoms with Gasteiger partial charge in [0, 0.05) is 18.2 Å². The molecule has 0 saturated heterocycles. The van der Waals surface area contributed by atoms with Crippen molar-refractivity contribution in [3.8, 4) is 22.3 Å². The summed E-state index contributed by atoms with van der Waals surface area (Å²) in [6, 6.07) is 17.9. The molecule has 42 heavy (non-hydrogen) atoms. The van der Waals surface area contributed by atoms with E-state index in [-0.39, 0.29) is 28.8 Å². The summed E-state index contributed by atoms with van der Waals surface area (Å²) in [6.45, 7) is 7.09. The molecule has 0 saturated carbocycles. The highest BCUT2D eigenvalue weighted by Gasteiger charge is 2.30. The molecule has 1 aromatic heterocycles. The van der Waals surface area contributed by atoms with Crippen molar-refractivity contribution in [3.05, 3.63) is 100 Å². The van der Waals surface area contributed by atoms with Crippen LogP contribution in [-0.4, -0.2) is 48.9 Å². The lowest BCUT2D eigenvalue weighted by Crippen LogP contribution is -2.46. The van der Waals surface area contributed by atoms with E-state index in [0.717, 1.165) is 22.4 Å². The van der Waals surface area contributed by atoms with Gasteiger partial charge in [0.2, 0.25) is 0 Å². The first kappa shape index (κ1) is 32.3. The van der Waals surface area contributed by atoms with Gasteiger partial charge in [0.25, 0.3) is 5.91 Å². The van der Waals surface area contributed by atoms with Crippen LogP contribution in [0, 0.1) is 32.4 Å². The lowest BCUT2D eigenvalue weighted by atomic mass is 9.94. The van der Waals surface area contributed by atoms with Crippen LogP contribution in [0.5, 0.6) is 0 Å². The molecule has 4 aromatic rings. The second kappa shape index (κ2) is 14.6. The first-order chi connectivity index (χ1) is 20.0. The Labute approximate surface area is 249 Å². The Kier molecular flexibility index (Phi) is 11.2. The summed E-state index contributed by atoms with van der Waals surface area (Å²) in [6.07, 6.45) is 0. The second-order valence-corrected chi connectivity index (χ2v) is 9.78. The van der Waals surface area contributed by atoms with Gasteiger partial charge in [0.05, 0.1) is 24.1 Å². The zero-order chi connectivity index (χ0) is 31.0. The number of rotatable bonds is 7. The zero-order valence-electron chi connectivity index (χ0n) is 24.2. The average molecular weight is 596 g/mol. The predicted octanol–water partition coefficient (Wildman–Crippen LogP) is 6.89. The van der Waals surface area contributed by atoms with Gasteiger partial charge in [0.15, 0.2) is 5.15 Å². The Hall–Kier alpha value is -4.21. The number of amides is 1. The molecule has 0 spiro atoms. The van der Waals surface area contributed by atoms with E-state index in [4.69, 9.17) is 21.1 Å². The van der Waals surface area contributed by atoms with E-state index >= 15 is 0 Å². The summed E-state index contributed by atoms with van der Waals surface area (Å²) in [5, 5.41) is 7.75. The maximum atomic E-state index is 14.2. The number of hydrogen-bond donors (Lipinski definition) is 0. The van der Waals surface area contributed by atoms with Gasteiger partial charge < -0.3 is 9.47 Å². The molecule has 1 amide bonds. The molecule has 0 aliphatic heterocycles. The van der Waals surface area contributed by atoms with Gasteiger partial charge in [-0.2, -0.15) is 5.10 Å². The van der Waals surface area contributed by atoms with Crippen molar-refractivity contribution < 1.29 is 27.8 Å². The Morgan fingerprint density at radius 3 is 1.95 bits per heavy atom. The number of methoxy groups -OCH3 is 2. The summed E-state index contributed by atoms with van der Waals surface area (Å²) in [5.74, 6) is -2.11. The van der Waals surface area contributed by atoms with Crippen molar-refractivity contribution in [2.75, 3.05) is 25.7 Å². The third kappa shape index (κ3) is 7.16. The number of aromatic nitrogens is 2. The van der Waals surface area contributed by atoms with Gasteiger partial charge in [-0.25, -0.2) is 13.6 Å². The number of ether oxygens (including phenoxy) is 2. The van der Waals surface area contributed by atoms with E-state index < -0.39 is 23.6 Å². The molecule has 4 rings (SSSR count). The Balaban J connectivity index is 0.000000232. The van der Waals surface area contributed by atoms with E-state index in [0.29, 0.717) is 11.3 Å². The first-order valence-corrected chi connectivity index (χ1v) is 13.4. The topological polar surface area (TPSA) is 81.6 Å². The number of halogens is 3. The highest BCUT2D eigenvalue weighted by molar-refractivity contribution is 6.32. The molecule has 10 heteroatoms. The lowest BCUT2D eigenvalue weighted by Gasteiger charge is -2.30. The quantitative estimate of drug-likeness (QED) is 0.216. The summed E-state index contributed by atoms with van der Waals surface area (Å²) in [5.41, 5.74) is 4.50. The second-order valence-electron chi connectivity index (χ2n) is 9.43. The Bertz CT molecular complexity index is 1530. The first-order valence-electron chi connectivity index (χ1n) is 13.0. The minimum absolute atomic E-state index is 0.0338. The van der Waals surface area contributed by atoms with E-state index in [1.54, 1.807) is 13.8 Å². The highest BCUT2D eigenvalue weighted by atomic mass is 35.5. The van der Waals surface area contributed by atoms with Gasteiger partial charge in [0.1, 0.15) is 24.3 Å². The molecule has 0 N–H and O–H groups in total. The Morgan fingerprint density at radius 2 is 1.40 bits per heavy atom. The van der Waals surface area contributed by atoms with Crippen LogP contribution in [0.25, 0.3) is 22.3 Å². The van der Waals surface area contributed by atoms with Crippen LogP contribution < -0.4 is 4.90 Å². The largest absolute Gasteiger partial charge is 0.467 e. The van der Waals surface area contributed by atoms with Crippen LogP contribution in [-0.2, 0) is 19.1 Å². The molecule has 0 fully saturated rings. The molecular weight excluding hydrogens is 564 g/mol. The molecule has 0 aliphatic carbocycles. The number of nitrogens with zero attached hydrogens (tertiary/aromatic N) is 3. The monoisotopic (exact) mass is 595 g/mol. The van der Waals surface area contributed by atoms with Crippen molar-refractivity contribution >= 4 is 29.2 Å². The van der Waals surface area contributed by atoms with Gasteiger partial charge in [-0.05, 0) is 56.5 Å². The summed E-state index contributed by atoms with van der Waals surface area (Å²) < 4.78 is 38.0. The lowest BCUT2D eigenvalue weighted by molar-refractivity contribution is -0.143. The molecule has 7 nitrogen and oxygen atoms in total. The number of benzene rings is 3. The van der Waals surface area contributed by atoms with Gasteiger partial charge in [-0.3, -0.25) is 9.69 Å². The van der Waals surface area contributed by atoms with Crippen molar-refractivity contribution in [2.24, 2.45) is 0 Å². The predicted molar refractivity (Wildman–Crippen MR) is 159 cm³/mol. The van der Waals surface area contributed by atoms with E-state index in [2.05, 4.69) is 10.2 Å². The third-order valence-corrected chi connectivity index (χ3v) is 6.79. The van der Waals surface area contributed by atoms with Crippen molar-refractivity contribution in [1.29, 1.82) is 0 Å². The van der Waals surface area contributed by atoms with Crippen LogP contribution in [0.4, 0.5) is 14.5 Å². The van der Waals surface area contributed by atoms with Crippen LogP contribution in [0.2, 0.25) is 5.15 Å². The number of aryl methyl sites for hydroxylation is 3. The number of carbonyl (C=O) groups is 2. The van der Waals surface area contributed by atoms with Crippen molar-refractivity contribution in [1.82, 2.24) is 10.2 Å². The number of carbonyl (C=O) groups excluding carboxylic acids is 2. The molecule has 0 radical (unpaired) electrons. The maximum Gasteiger partial charge on any atom is 0.328 e. The van der Waals surface area contributed by atoms with E-state index in [1.165, 1.54) is 37.3 Å². The molecule has 0 aliphatic rings. The normalized spacial score (nSPS) is 11.3. The molecule has 1 heterocycles. The van der Waals surface area contributed by atoms with Crippen LogP contribution in [0.3, 0.4) is 0 Å². The van der Waals surface area contributed by atoms with Gasteiger partial charge in [-0.15, -0.1) is 5.10 Å². The molecule has 3 aromatic carbocycles. The van der Waals surface area contributed by atoms with Crippen LogP contribution in [0.15, 0.2) is 66.7 Å². The highest BCUT2D eigenvalue weighted by Crippen LogP contribution is 2.40. The number of anilines is 1. The molecule has 1 atom stereocenters. The van der Waals surface area contributed by atoms with Crippen molar-refractivity contribution in [2.45, 2.75) is 33.7 Å². The SMILES string of the molecule is COCC(=O)N(c1c(C)cccc1C)C(C)C(=O)OC.Cc1nnc(Cl)c(-c2c(F)cccc2F)c1-c1ccccc1. The average Bonchev–Trinajstić information content (AvgIpc) is 2.97. The summed E-state index contributed by atoms with van der Waals surface area (Å²) >= 11 is 6.12. The van der Waals surface area contributed by atoms with Crippen LogP contribution in [0.1, 0.15) is 23.7 Å². The van der Waals surface area contributed by atoms with E-state index in [9.17, 15) is 18.4 Å². The molecule has 0 bridgehead atoms. The minimum Gasteiger partial charge on any atom is -0.467 e. The number of para-hydroxylation sites is 1. The minimum atomic E-state index is -0.706. The standard InChI is InChI=1S/C17H11ClF2N2.C15H21NO4/c1-10-14(11-6-3-2-4-7-11)16(17(18)22-21-10)15-12(19)8-5-9-13(15)20;1-10-7-6-8-11(2)14(10)16(13(17)9-19-4)12(3)15(18)20-5/h2-9H,1H3;6-8,12H,9H2,1-5H3. The number of hydrogen-bond acceptors (Lipinski definition) is 6. The van der Waals surface area contributed by atoms with Gasteiger partial charge in [-0.1, -0.05) is 66.2 Å². The third-order valence-electron chi connectivity index (χ3n) is 6.53. The van der Waals surface area contributed by atoms with Gasteiger partial charge >= 0.3 is 5.97 Å². The fourth-order valence-corrected chi connectivity index (χ4v) is 4.84. The fourth-order valence-electron chi connectivity index (χ4n) is 4.61. The van der Waals surface area contributed by atoms with E-state index in [1.807, 2.05) is 62.4 Å². The zero-order valence-corrected chi connectivity index (χ0v) is 25.0. The maximum absolute atomic E-state index is 14.2. The van der Waals surface area contributed by atoms with Crippen LogP contribution >= 0.6 is 11.6 Å². The van der Waals surface area contributed by atoms with Crippen molar-refractivity contribution in [3.63, 3.8) is 0 Å². The fraction of sp³-hybridized carbons (Fsp3) is 0.250. The molecule has 220 valence electrons. The summed E-state index contributed by atoms with van der Waals surface area (Å²) in [4.78, 5) is 25.5. The Morgan fingerprint density at radius 1 is 0.833 bits per heavy atom.